The molecule has 0 aliphatic rings. The number of hydrogen-bond donors (Lipinski definition) is 2. The van der Waals surface area contributed by atoms with Gasteiger partial charge in [-0.2, -0.15) is 0 Å². The number of carbonyl (C=O) groups excluding carboxylic acids is 1. The van der Waals surface area contributed by atoms with E-state index in [1.54, 1.807) is 19.2 Å². The third kappa shape index (κ3) is 2.80. The lowest BCUT2D eigenvalue weighted by molar-refractivity contribution is 0.102. The van der Waals surface area contributed by atoms with Gasteiger partial charge in [-0.25, -0.2) is 4.98 Å². The maximum Gasteiger partial charge on any atom is 0.256 e. The summed E-state index contributed by atoms with van der Waals surface area (Å²) in [6, 6.07) is 3.49. The number of rotatable bonds is 4. The molecule has 0 aromatic carbocycles. The second-order valence-electron chi connectivity index (χ2n) is 3.57. The molecule has 0 saturated carbocycles. The van der Waals surface area contributed by atoms with Crippen molar-refractivity contribution in [1.29, 1.82) is 0 Å². The molecule has 2 rings (SSSR count). The predicted octanol–water partition coefficient (Wildman–Crippen LogP) is 1.79. The first-order chi connectivity index (χ1) is 8.72. The van der Waals surface area contributed by atoms with E-state index in [2.05, 4.69) is 25.2 Å². The molecule has 0 radical (unpaired) electrons. The van der Waals surface area contributed by atoms with Crippen molar-refractivity contribution in [3.05, 3.63) is 29.6 Å². The first-order valence-electron chi connectivity index (χ1n) is 5.50. The standard InChI is InChI=1S/C11H13N5OS/c1-3-8-4-7(5-9(12-2)14-8)11(17)15-10-6-13-16-18-10/h4-6H,3H2,1-2H3,(H,12,14)(H,15,17). The van der Waals surface area contributed by atoms with Crippen LogP contribution in [0.3, 0.4) is 0 Å². The zero-order valence-corrected chi connectivity index (χ0v) is 10.9. The largest absolute Gasteiger partial charge is 0.373 e. The summed E-state index contributed by atoms with van der Waals surface area (Å²) in [5.41, 5.74) is 1.44. The number of aromatic nitrogens is 3. The summed E-state index contributed by atoms with van der Waals surface area (Å²) in [4.78, 5) is 16.4. The minimum Gasteiger partial charge on any atom is -0.373 e. The molecule has 0 fully saturated rings. The Kier molecular flexibility index (Phi) is 3.83. The minimum atomic E-state index is -0.186. The molecule has 0 unspecified atom stereocenters. The maximum absolute atomic E-state index is 12.0. The third-order valence-corrected chi connectivity index (χ3v) is 2.94. The van der Waals surface area contributed by atoms with E-state index in [1.807, 2.05) is 6.92 Å². The molecule has 18 heavy (non-hydrogen) atoms. The summed E-state index contributed by atoms with van der Waals surface area (Å²) < 4.78 is 3.69. The molecular formula is C11H13N5OS. The Labute approximate surface area is 109 Å². The topological polar surface area (TPSA) is 79.8 Å². The Morgan fingerprint density at radius 1 is 1.44 bits per heavy atom. The third-order valence-electron chi connectivity index (χ3n) is 2.36. The van der Waals surface area contributed by atoms with Crippen LogP contribution in [0.5, 0.6) is 0 Å². The number of carbonyl (C=O) groups is 1. The van der Waals surface area contributed by atoms with Gasteiger partial charge < -0.3 is 10.6 Å². The number of hydrogen-bond acceptors (Lipinski definition) is 6. The summed E-state index contributed by atoms with van der Waals surface area (Å²) >= 11 is 1.14. The van der Waals surface area contributed by atoms with Crippen molar-refractivity contribution in [3.63, 3.8) is 0 Å². The number of nitrogens with one attached hydrogen (secondary N) is 2. The first kappa shape index (κ1) is 12.4. The molecule has 6 nitrogen and oxygen atoms in total. The average Bonchev–Trinajstić information content (AvgIpc) is 2.90. The van der Waals surface area contributed by atoms with Crippen LogP contribution in [0.25, 0.3) is 0 Å². The van der Waals surface area contributed by atoms with Crippen molar-refractivity contribution in [2.24, 2.45) is 0 Å². The van der Waals surface area contributed by atoms with Crippen LogP contribution in [0.1, 0.15) is 23.0 Å². The summed E-state index contributed by atoms with van der Waals surface area (Å²) in [6.45, 7) is 2.00. The summed E-state index contributed by atoms with van der Waals surface area (Å²) in [5, 5.41) is 9.97. The highest BCUT2D eigenvalue weighted by atomic mass is 32.1. The van der Waals surface area contributed by atoms with Crippen molar-refractivity contribution < 1.29 is 4.79 Å². The van der Waals surface area contributed by atoms with E-state index in [0.717, 1.165) is 23.6 Å². The van der Waals surface area contributed by atoms with Gasteiger partial charge in [0.1, 0.15) is 10.8 Å². The maximum atomic E-state index is 12.0. The Hall–Kier alpha value is -2.02. The van der Waals surface area contributed by atoms with Crippen LogP contribution in [0, 0.1) is 0 Å². The molecule has 0 bridgehead atoms. The van der Waals surface area contributed by atoms with Gasteiger partial charge >= 0.3 is 0 Å². The number of pyridine rings is 1. The monoisotopic (exact) mass is 263 g/mol. The lowest BCUT2D eigenvalue weighted by Gasteiger charge is -2.07. The van der Waals surface area contributed by atoms with Crippen molar-refractivity contribution >= 4 is 28.3 Å². The minimum absolute atomic E-state index is 0.186. The fourth-order valence-corrected chi connectivity index (χ4v) is 1.85. The highest BCUT2D eigenvalue weighted by Crippen LogP contribution is 2.15. The summed E-state index contributed by atoms with van der Waals surface area (Å²) in [5.74, 6) is 0.497. The smallest absolute Gasteiger partial charge is 0.256 e. The zero-order chi connectivity index (χ0) is 13.0. The average molecular weight is 263 g/mol. The van der Waals surface area contributed by atoms with Gasteiger partial charge in [-0.05, 0) is 18.6 Å². The molecule has 7 heteroatoms. The van der Waals surface area contributed by atoms with E-state index in [4.69, 9.17) is 0 Å². The fraction of sp³-hybridized carbons (Fsp3) is 0.273. The molecule has 94 valence electrons. The summed E-state index contributed by atoms with van der Waals surface area (Å²) in [6.07, 6.45) is 2.29. The molecule has 1 amide bonds. The van der Waals surface area contributed by atoms with Gasteiger partial charge in [-0.15, -0.1) is 5.10 Å². The van der Waals surface area contributed by atoms with Crippen molar-refractivity contribution in [1.82, 2.24) is 14.6 Å². The second-order valence-corrected chi connectivity index (χ2v) is 4.36. The molecule has 2 aromatic rings. The highest BCUT2D eigenvalue weighted by molar-refractivity contribution is 7.10. The lowest BCUT2D eigenvalue weighted by Crippen LogP contribution is -2.12. The molecule has 0 aliphatic carbocycles. The molecule has 2 N–H and O–H groups in total. The van der Waals surface area contributed by atoms with E-state index >= 15 is 0 Å². The van der Waals surface area contributed by atoms with Crippen LogP contribution in [0.15, 0.2) is 18.3 Å². The predicted molar refractivity (Wildman–Crippen MR) is 71.0 cm³/mol. The number of amides is 1. The van der Waals surface area contributed by atoms with E-state index in [1.165, 1.54) is 6.20 Å². The molecule has 0 atom stereocenters. The van der Waals surface area contributed by atoms with Gasteiger partial charge in [0, 0.05) is 29.8 Å². The normalized spacial score (nSPS) is 10.1. The Balaban J connectivity index is 2.23. The summed E-state index contributed by atoms with van der Waals surface area (Å²) in [7, 11) is 1.77. The van der Waals surface area contributed by atoms with Gasteiger partial charge in [-0.3, -0.25) is 4.79 Å². The molecule has 0 aliphatic heterocycles. The van der Waals surface area contributed by atoms with E-state index < -0.39 is 0 Å². The van der Waals surface area contributed by atoms with Gasteiger partial charge in [0.25, 0.3) is 5.91 Å². The molecule has 2 aromatic heterocycles. The van der Waals surface area contributed by atoms with Crippen molar-refractivity contribution in [3.8, 4) is 0 Å². The number of aryl methyl sites for hydroxylation is 1. The zero-order valence-electron chi connectivity index (χ0n) is 10.1. The molecule has 0 saturated heterocycles. The van der Waals surface area contributed by atoms with E-state index in [9.17, 15) is 4.79 Å². The number of anilines is 2. The van der Waals surface area contributed by atoms with Crippen LogP contribution in [0.2, 0.25) is 0 Å². The Morgan fingerprint density at radius 2 is 2.28 bits per heavy atom. The fourth-order valence-electron chi connectivity index (χ4n) is 1.43. The van der Waals surface area contributed by atoms with Crippen molar-refractivity contribution in [2.45, 2.75) is 13.3 Å². The van der Waals surface area contributed by atoms with Crippen molar-refractivity contribution in [2.75, 3.05) is 17.7 Å². The molecule has 0 spiro atoms. The van der Waals surface area contributed by atoms with Crippen LogP contribution in [0.4, 0.5) is 10.8 Å². The lowest BCUT2D eigenvalue weighted by atomic mass is 10.2. The van der Waals surface area contributed by atoms with Crippen LogP contribution < -0.4 is 10.6 Å². The molecular weight excluding hydrogens is 250 g/mol. The number of nitrogens with zero attached hydrogens (tertiary/aromatic N) is 3. The van der Waals surface area contributed by atoms with Crippen LogP contribution in [-0.4, -0.2) is 27.5 Å². The van der Waals surface area contributed by atoms with E-state index in [-0.39, 0.29) is 5.91 Å². The highest BCUT2D eigenvalue weighted by Gasteiger charge is 2.10. The van der Waals surface area contributed by atoms with Gasteiger partial charge in [0.2, 0.25) is 0 Å². The van der Waals surface area contributed by atoms with Gasteiger partial charge in [-0.1, -0.05) is 11.4 Å². The second kappa shape index (κ2) is 5.54. The Bertz CT molecular complexity index is 518. The van der Waals surface area contributed by atoms with Gasteiger partial charge in [0.15, 0.2) is 0 Å². The van der Waals surface area contributed by atoms with Crippen LogP contribution >= 0.6 is 11.5 Å². The quantitative estimate of drug-likeness (QED) is 0.879. The first-order valence-corrected chi connectivity index (χ1v) is 6.27. The van der Waals surface area contributed by atoms with E-state index in [0.29, 0.717) is 16.4 Å². The van der Waals surface area contributed by atoms with Crippen LogP contribution in [-0.2, 0) is 6.42 Å². The SMILES string of the molecule is CCc1cc(C(=O)Nc2cnns2)cc(NC)n1. The Morgan fingerprint density at radius 3 is 2.89 bits per heavy atom. The van der Waals surface area contributed by atoms with Gasteiger partial charge in [0.05, 0.1) is 6.20 Å². The molecule has 2 heterocycles.